The smallest absolute Gasteiger partial charge is 0.162 e. The first-order valence-corrected chi connectivity index (χ1v) is 10.3. The lowest BCUT2D eigenvalue weighted by Gasteiger charge is -2.20. The minimum Gasteiger partial charge on any atom is -0.493 e. The molecule has 0 atom stereocenters. The molecule has 2 aromatic heterocycles. The molecule has 0 unspecified atom stereocenters. The van der Waals surface area contributed by atoms with Gasteiger partial charge in [-0.1, -0.05) is 30.4 Å². The van der Waals surface area contributed by atoms with Crippen molar-refractivity contribution < 1.29 is 9.47 Å². The van der Waals surface area contributed by atoms with Crippen molar-refractivity contribution in [2.24, 2.45) is 0 Å². The van der Waals surface area contributed by atoms with E-state index in [1.807, 2.05) is 66.9 Å². The molecule has 0 saturated heterocycles. The number of pyridine rings is 1. The normalized spacial score (nSPS) is 11.3. The number of methoxy groups -OCH3 is 2. The van der Waals surface area contributed by atoms with Crippen LogP contribution < -0.4 is 14.4 Å². The summed E-state index contributed by atoms with van der Waals surface area (Å²) in [6.45, 7) is 9.05. The number of ether oxygens (including phenoxy) is 2. The van der Waals surface area contributed by atoms with Crippen LogP contribution in [0, 0.1) is 0 Å². The van der Waals surface area contributed by atoms with Gasteiger partial charge in [-0.3, -0.25) is 0 Å². The van der Waals surface area contributed by atoms with Crippen molar-refractivity contribution in [1.82, 2.24) is 9.97 Å². The highest BCUT2D eigenvalue weighted by Gasteiger charge is 2.09. The highest BCUT2D eigenvalue weighted by molar-refractivity contribution is 7.19. The molecule has 3 rings (SSSR count). The van der Waals surface area contributed by atoms with Gasteiger partial charge in [0.1, 0.15) is 10.8 Å². The molecule has 0 saturated carbocycles. The van der Waals surface area contributed by atoms with Gasteiger partial charge >= 0.3 is 0 Å². The summed E-state index contributed by atoms with van der Waals surface area (Å²) in [5.74, 6) is 2.30. The van der Waals surface area contributed by atoms with Crippen molar-refractivity contribution in [3.63, 3.8) is 0 Å². The van der Waals surface area contributed by atoms with Crippen molar-refractivity contribution in [3.8, 4) is 11.5 Å². The van der Waals surface area contributed by atoms with Crippen LogP contribution in [0.3, 0.4) is 0 Å². The molecule has 0 amide bonds. The van der Waals surface area contributed by atoms with Crippen LogP contribution >= 0.6 is 11.3 Å². The molecule has 1 aromatic carbocycles. The maximum Gasteiger partial charge on any atom is 0.162 e. The molecule has 154 valence electrons. The molecule has 0 N–H and O–H groups in total. The lowest BCUT2D eigenvalue weighted by molar-refractivity contribution is 0.356. The van der Waals surface area contributed by atoms with Crippen molar-refractivity contribution >= 4 is 39.5 Å². The van der Waals surface area contributed by atoms with Gasteiger partial charge in [-0.2, -0.15) is 0 Å². The van der Waals surface area contributed by atoms with Crippen LogP contribution in [0.25, 0.3) is 22.4 Å². The molecule has 3 aromatic rings. The average molecular weight is 420 g/mol. The quantitative estimate of drug-likeness (QED) is 0.316. The number of benzene rings is 1. The lowest BCUT2D eigenvalue weighted by atomic mass is 10.2. The second-order valence-corrected chi connectivity index (χ2v) is 7.44. The fourth-order valence-electron chi connectivity index (χ4n) is 2.91. The molecule has 6 heteroatoms. The highest BCUT2D eigenvalue weighted by Crippen LogP contribution is 2.34. The van der Waals surface area contributed by atoms with Gasteiger partial charge in [0, 0.05) is 31.4 Å². The average Bonchev–Trinajstić information content (AvgIpc) is 3.17. The lowest BCUT2D eigenvalue weighted by Crippen LogP contribution is -2.23. The Bertz CT molecular complexity index is 1020. The van der Waals surface area contributed by atoms with Crippen LogP contribution in [0.1, 0.15) is 10.6 Å². The minimum absolute atomic E-state index is 0.682. The molecule has 0 spiro atoms. The second kappa shape index (κ2) is 10.4. The van der Waals surface area contributed by atoms with Crippen molar-refractivity contribution in [3.05, 3.63) is 78.5 Å². The second-order valence-electron chi connectivity index (χ2n) is 6.38. The van der Waals surface area contributed by atoms with E-state index in [9.17, 15) is 0 Å². The highest BCUT2D eigenvalue weighted by atomic mass is 32.1. The Morgan fingerprint density at radius 2 is 1.70 bits per heavy atom. The fourth-order valence-corrected chi connectivity index (χ4v) is 3.80. The maximum absolute atomic E-state index is 5.36. The van der Waals surface area contributed by atoms with E-state index in [-0.39, 0.29) is 0 Å². The topological polar surface area (TPSA) is 47.5 Å². The van der Waals surface area contributed by atoms with E-state index in [1.165, 1.54) is 0 Å². The molecule has 0 radical (unpaired) electrons. The fraction of sp³-hybridized carbons (Fsp3) is 0.167. The van der Waals surface area contributed by atoms with Crippen LogP contribution in [0.15, 0.2) is 67.9 Å². The summed E-state index contributed by atoms with van der Waals surface area (Å²) >= 11 is 1.61. The maximum atomic E-state index is 5.36. The molecule has 30 heavy (non-hydrogen) atoms. The van der Waals surface area contributed by atoms with Gasteiger partial charge in [-0.25, -0.2) is 9.97 Å². The third-order valence-electron chi connectivity index (χ3n) is 4.34. The van der Waals surface area contributed by atoms with E-state index >= 15 is 0 Å². The predicted molar refractivity (Wildman–Crippen MR) is 128 cm³/mol. The number of allylic oxidation sites excluding steroid dienone is 2. The zero-order valence-corrected chi connectivity index (χ0v) is 18.1. The van der Waals surface area contributed by atoms with E-state index in [4.69, 9.17) is 9.47 Å². The van der Waals surface area contributed by atoms with Crippen LogP contribution in [0.4, 0.5) is 5.82 Å². The Labute approximate surface area is 181 Å². The first-order chi connectivity index (χ1) is 14.7. The molecular formula is C24H25N3O2S. The third kappa shape index (κ3) is 5.15. The predicted octanol–water partition coefficient (Wildman–Crippen LogP) is 5.61. The number of anilines is 1. The monoisotopic (exact) mass is 419 g/mol. The summed E-state index contributed by atoms with van der Waals surface area (Å²) in [6, 6.07) is 7.90. The third-order valence-corrected chi connectivity index (χ3v) is 5.33. The standard InChI is InChI=1S/C24H25N3O2S/c1-5-13-27(14-6-2)23-12-11-18(17-25-23)9-7-8-10-24-26-19-15-20(28-3)21(29-4)16-22(19)30-24/h5-12,15-17H,1-2,13-14H2,3-4H3. The minimum atomic E-state index is 0.682. The molecule has 0 aliphatic carbocycles. The SMILES string of the molecule is C=CCN(CC=C)c1ccc(C=CC=Cc2nc3cc(OC)c(OC)cc3s2)cn1. The number of rotatable bonds is 10. The number of hydrogen-bond donors (Lipinski definition) is 0. The molecule has 2 heterocycles. The van der Waals surface area contributed by atoms with Crippen LogP contribution in [0.5, 0.6) is 11.5 Å². The van der Waals surface area contributed by atoms with E-state index in [0.717, 1.165) is 39.7 Å². The van der Waals surface area contributed by atoms with Gasteiger partial charge in [0.25, 0.3) is 0 Å². The van der Waals surface area contributed by atoms with Gasteiger partial charge in [-0.15, -0.1) is 24.5 Å². The molecule has 0 bridgehead atoms. The van der Waals surface area contributed by atoms with Gasteiger partial charge in [0.15, 0.2) is 11.5 Å². The van der Waals surface area contributed by atoms with Gasteiger partial charge in [0.2, 0.25) is 0 Å². The Morgan fingerprint density at radius 1 is 1.00 bits per heavy atom. The van der Waals surface area contributed by atoms with Gasteiger partial charge in [-0.05, 0) is 23.8 Å². The summed E-state index contributed by atoms with van der Waals surface area (Å²) < 4.78 is 11.8. The molecule has 0 aliphatic rings. The Morgan fingerprint density at radius 3 is 2.33 bits per heavy atom. The zero-order chi connectivity index (χ0) is 21.3. The first kappa shape index (κ1) is 21.3. The number of fused-ring (bicyclic) bond motifs is 1. The van der Waals surface area contributed by atoms with Crippen molar-refractivity contribution in [2.45, 2.75) is 0 Å². The number of nitrogens with zero attached hydrogens (tertiary/aromatic N) is 3. The van der Waals surface area contributed by atoms with Crippen LogP contribution in [0.2, 0.25) is 0 Å². The number of aromatic nitrogens is 2. The molecular weight excluding hydrogens is 394 g/mol. The Kier molecular flexibility index (Phi) is 7.40. The largest absolute Gasteiger partial charge is 0.493 e. The van der Waals surface area contributed by atoms with Crippen LogP contribution in [-0.4, -0.2) is 37.3 Å². The van der Waals surface area contributed by atoms with E-state index in [2.05, 4.69) is 28.0 Å². The molecule has 0 aliphatic heterocycles. The van der Waals surface area contributed by atoms with Crippen LogP contribution in [-0.2, 0) is 0 Å². The summed E-state index contributed by atoms with van der Waals surface area (Å²) in [5, 5.41) is 0.919. The zero-order valence-electron chi connectivity index (χ0n) is 17.2. The van der Waals surface area contributed by atoms with Crippen molar-refractivity contribution in [2.75, 3.05) is 32.2 Å². The summed E-state index contributed by atoms with van der Waals surface area (Å²) in [7, 11) is 3.26. The number of thiazole rings is 1. The summed E-state index contributed by atoms with van der Waals surface area (Å²) in [6.07, 6.45) is 13.5. The first-order valence-electron chi connectivity index (χ1n) is 9.48. The van der Waals surface area contributed by atoms with E-state index in [0.29, 0.717) is 11.5 Å². The molecule has 5 nitrogen and oxygen atoms in total. The van der Waals surface area contributed by atoms with Gasteiger partial charge in [0.05, 0.1) is 24.4 Å². The Hall–Kier alpha value is -3.38. The summed E-state index contributed by atoms with van der Waals surface area (Å²) in [5.41, 5.74) is 1.92. The summed E-state index contributed by atoms with van der Waals surface area (Å²) in [4.78, 5) is 11.3. The number of hydrogen-bond acceptors (Lipinski definition) is 6. The Balaban J connectivity index is 1.68. The van der Waals surface area contributed by atoms with Crippen molar-refractivity contribution in [1.29, 1.82) is 0 Å². The molecule has 0 fully saturated rings. The van der Waals surface area contributed by atoms with Gasteiger partial charge < -0.3 is 14.4 Å². The van der Waals surface area contributed by atoms with E-state index in [1.54, 1.807) is 25.6 Å². The van der Waals surface area contributed by atoms with E-state index < -0.39 is 0 Å².